The topological polar surface area (TPSA) is 138 Å². The number of hydrogen-bond donors (Lipinski definition) is 3. The number of piperidine rings is 1. The minimum atomic E-state index is -2.80. The Hall–Kier alpha value is -3.77. The van der Waals surface area contributed by atoms with Crippen molar-refractivity contribution >= 4 is 17.5 Å². The molecule has 1 aliphatic carbocycles. The molecule has 0 aromatic carbocycles. The number of likely N-dealkylation sites (tertiary alicyclic amines) is 1. The Labute approximate surface area is 210 Å². The standard InChI is InChI=1S/C24H29F2N7O4/c1-23(2,3)12-32-16-10-15(30-33(16)22(37)17(21(32)36)19(34)28-13-4-5-13)18-14(11-27-29-18)20(35)31-8-6-24(25,26)7-9-31/h10-11,13,36H,4-9,12H2,1-3H3,(H,27,29)(H,28,34). The van der Waals surface area contributed by atoms with E-state index in [9.17, 15) is 28.3 Å². The van der Waals surface area contributed by atoms with Gasteiger partial charge in [-0.2, -0.15) is 14.7 Å². The van der Waals surface area contributed by atoms with Gasteiger partial charge in [0.25, 0.3) is 23.3 Å². The van der Waals surface area contributed by atoms with Crippen molar-refractivity contribution in [2.45, 2.75) is 65.0 Å². The summed E-state index contributed by atoms with van der Waals surface area (Å²) in [6.07, 6.45) is 2.07. The number of nitrogens with one attached hydrogen (secondary N) is 2. The molecule has 2 aliphatic rings. The van der Waals surface area contributed by atoms with Crippen molar-refractivity contribution in [1.82, 2.24) is 34.6 Å². The molecule has 1 saturated carbocycles. The zero-order valence-electron chi connectivity index (χ0n) is 20.8. The highest BCUT2D eigenvalue weighted by Crippen LogP contribution is 2.31. The smallest absolute Gasteiger partial charge is 0.291 e. The Morgan fingerprint density at radius 1 is 1.24 bits per heavy atom. The molecule has 4 heterocycles. The second-order valence-electron chi connectivity index (χ2n) is 11.0. The van der Waals surface area contributed by atoms with E-state index in [1.54, 1.807) is 0 Å². The summed E-state index contributed by atoms with van der Waals surface area (Å²) in [5, 5.41) is 24.8. The summed E-state index contributed by atoms with van der Waals surface area (Å²) in [4.78, 5) is 40.6. The molecule has 1 aliphatic heterocycles. The molecule has 2 fully saturated rings. The lowest BCUT2D eigenvalue weighted by Gasteiger charge is -2.31. The Morgan fingerprint density at radius 2 is 1.92 bits per heavy atom. The predicted octanol–water partition coefficient (Wildman–Crippen LogP) is 2.40. The zero-order valence-corrected chi connectivity index (χ0v) is 20.8. The molecule has 0 unspecified atom stereocenters. The molecule has 3 aromatic rings. The molecule has 0 radical (unpaired) electrons. The van der Waals surface area contributed by atoms with E-state index in [4.69, 9.17) is 0 Å². The third-order valence-corrected chi connectivity index (χ3v) is 6.53. The normalized spacial score (nSPS) is 17.8. The van der Waals surface area contributed by atoms with E-state index in [1.807, 2.05) is 20.8 Å². The van der Waals surface area contributed by atoms with Gasteiger partial charge >= 0.3 is 0 Å². The van der Waals surface area contributed by atoms with Crippen LogP contribution in [-0.4, -0.2) is 71.3 Å². The number of aromatic hydroxyl groups is 1. The van der Waals surface area contributed by atoms with Crippen molar-refractivity contribution in [2.24, 2.45) is 5.41 Å². The molecule has 3 N–H and O–H groups in total. The molecular formula is C24H29F2N7O4. The molecule has 0 spiro atoms. The monoisotopic (exact) mass is 517 g/mol. The number of nitrogens with zero attached hydrogens (tertiary/aromatic N) is 5. The largest absolute Gasteiger partial charge is 0.494 e. The van der Waals surface area contributed by atoms with Crippen LogP contribution in [0.5, 0.6) is 5.88 Å². The van der Waals surface area contributed by atoms with Crippen molar-refractivity contribution in [2.75, 3.05) is 13.1 Å². The fourth-order valence-corrected chi connectivity index (χ4v) is 4.45. The zero-order chi connectivity index (χ0) is 26.7. The Bertz CT molecular complexity index is 1440. The molecule has 1 saturated heterocycles. The fourth-order valence-electron chi connectivity index (χ4n) is 4.45. The number of carbonyl (C=O) groups is 2. The number of aromatic amines is 1. The van der Waals surface area contributed by atoms with Crippen molar-refractivity contribution in [3.63, 3.8) is 0 Å². The third kappa shape index (κ3) is 4.81. The highest BCUT2D eigenvalue weighted by molar-refractivity contribution is 6.00. The lowest BCUT2D eigenvalue weighted by Crippen LogP contribution is -2.42. The molecule has 0 bridgehead atoms. The van der Waals surface area contributed by atoms with Crippen LogP contribution in [0.2, 0.25) is 0 Å². The first-order chi connectivity index (χ1) is 17.3. The van der Waals surface area contributed by atoms with Gasteiger partial charge in [-0.25, -0.2) is 8.78 Å². The summed E-state index contributed by atoms with van der Waals surface area (Å²) in [6, 6.07) is 1.49. The van der Waals surface area contributed by atoms with Crippen LogP contribution < -0.4 is 10.9 Å². The molecule has 198 valence electrons. The Kier molecular flexibility index (Phi) is 5.83. The fraction of sp³-hybridized carbons (Fsp3) is 0.542. The van der Waals surface area contributed by atoms with Crippen LogP contribution in [0.3, 0.4) is 0 Å². The van der Waals surface area contributed by atoms with E-state index in [1.165, 1.54) is 21.7 Å². The first-order valence-corrected chi connectivity index (χ1v) is 12.2. The number of H-pyrrole nitrogens is 1. The highest BCUT2D eigenvalue weighted by atomic mass is 19.3. The minimum Gasteiger partial charge on any atom is -0.494 e. The quantitative estimate of drug-likeness (QED) is 0.475. The van der Waals surface area contributed by atoms with Crippen LogP contribution in [-0.2, 0) is 6.54 Å². The van der Waals surface area contributed by atoms with Crippen LogP contribution in [0, 0.1) is 5.41 Å². The van der Waals surface area contributed by atoms with E-state index in [0.29, 0.717) is 0 Å². The van der Waals surface area contributed by atoms with Crippen molar-refractivity contribution < 1.29 is 23.5 Å². The van der Waals surface area contributed by atoms with E-state index in [0.717, 1.165) is 17.4 Å². The van der Waals surface area contributed by atoms with Gasteiger partial charge in [-0.15, -0.1) is 0 Å². The van der Waals surface area contributed by atoms with Crippen LogP contribution >= 0.6 is 0 Å². The number of rotatable bonds is 5. The molecule has 3 aromatic heterocycles. The van der Waals surface area contributed by atoms with Gasteiger partial charge in [0.2, 0.25) is 5.88 Å². The lowest BCUT2D eigenvalue weighted by atomic mass is 9.96. The van der Waals surface area contributed by atoms with E-state index in [-0.39, 0.29) is 53.7 Å². The Balaban J connectivity index is 1.59. The van der Waals surface area contributed by atoms with Crippen molar-refractivity contribution in [3.05, 3.63) is 33.7 Å². The van der Waals surface area contributed by atoms with Gasteiger partial charge in [0.1, 0.15) is 11.3 Å². The van der Waals surface area contributed by atoms with Gasteiger partial charge in [0, 0.05) is 44.6 Å². The minimum absolute atomic E-state index is 0.0282. The van der Waals surface area contributed by atoms with Gasteiger partial charge in [-0.3, -0.25) is 24.0 Å². The second kappa shape index (κ2) is 8.67. The summed E-state index contributed by atoms with van der Waals surface area (Å²) in [7, 11) is 0. The van der Waals surface area contributed by atoms with Crippen LogP contribution in [0.4, 0.5) is 8.78 Å². The first-order valence-electron chi connectivity index (χ1n) is 12.2. The SMILES string of the molecule is CC(C)(C)Cn1c(O)c(C(=O)NC2CC2)c(=O)n2nc(-c3[nH]ncc3C(=O)N3CCC(F)(F)CC3)cc12. The summed E-state index contributed by atoms with van der Waals surface area (Å²) in [6.45, 7) is 5.90. The molecule has 2 amide bonds. The molecular weight excluding hydrogens is 488 g/mol. The van der Waals surface area contributed by atoms with Crippen LogP contribution in [0.1, 0.15) is 67.2 Å². The summed E-state index contributed by atoms with van der Waals surface area (Å²) >= 11 is 0. The molecule has 13 heteroatoms. The summed E-state index contributed by atoms with van der Waals surface area (Å²) in [5.74, 6) is -4.42. The molecule has 5 rings (SSSR count). The summed E-state index contributed by atoms with van der Waals surface area (Å²) < 4.78 is 29.6. The molecule has 0 atom stereocenters. The maximum absolute atomic E-state index is 13.6. The van der Waals surface area contributed by atoms with E-state index >= 15 is 0 Å². The average molecular weight is 518 g/mol. The lowest BCUT2D eigenvalue weighted by molar-refractivity contribution is -0.0494. The third-order valence-electron chi connectivity index (χ3n) is 6.53. The van der Waals surface area contributed by atoms with E-state index in [2.05, 4.69) is 20.6 Å². The number of fused-ring (bicyclic) bond motifs is 1. The molecule has 11 nitrogen and oxygen atoms in total. The maximum Gasteiger partial charge on any atom is 0.291 e. The number of alkyl halides is 2. The van der Waals surface area contributed by atoms with Gasteiger partial charge in [-0.1, -0.05) is 20.8 Å². The van der Waals surface area contributed by atoms with Gasteiger partial charge < -0.3 is 15.3 Å². The van der Waals surface area contributed by atoms with Gasteiger partial charge in [-0.05, 0) is 18.3 Å². The summed E-state index contributed by atoms with van der Waals surface area (Å²) in [5.41, 5.74) is -0.812. The first kappa shape index (κ1) is 24.9. The number of halogens is 2. The molecule has 37 heavy (non-hydrogen) atoms. The maximum atomic E-state index is 13.6. The number of hydrogen-bond acceptors (Lipinski definition) is 6. The predicted molar refractivity (Wildman–Crippen MR) is 129 cm³/mol. The number of carbonyl (C=O) groups excluding carboxylic acids is 2. The van der Waals surface area contributed by atoms with Gasteiger partial charge in [0.15, 0.2) is 5.56 Å². The second-order valence-corrected chi connectivity index (χ2v) is 11.0. The number of amides is 2. The highest BCUT2D eigenvalue weighted by Gasteiger charge is 2.37. The van der Waals surface area contributed by atoms with Crippen molar-refractivity contribution in [1.29, 1.82) is 0 Å². The Morgan fingerprint density at radius 3 is 2.54 bits per heavy atom. The van der Waals surface area contributed by atoms with Crippen LogP contribution in [0.25, 0.3) is 17.0 Å². The van der Waals surface area contributed by atoms with E-state index < -0.39 is 47.6 Å². The number of aromatic nitrogens is 5. The van der Waals surface area contributed by atoms with Crippen molar-refractivity contribution in [3.8, 4) is 17.3 Å². The van der Waals surface area contributed by atoms with Gasteiger partial charge in [0.05, 0.1) is 17.5 Å². The average Bonchev–Trinajstić information content (AvgIpc) is 3.30. The van der Waals surface area contributed by atoms with Crippen LogP contribution in [0.15, 0.2) is 17.1 Å².